The van der Waals surface area contributed by atoms with Crippen LogP contribution in [0.15, 0.2) is 21.8 Å². The van der Waals surface area contributed by atoms with Gasteiger partial charge in [0.1, 0.15) is 12.0 Å². The van der Waals surface area contributed by atoms with Gasteiger partial charge in [0.25, 0.3) is 0 Å². The molecule has 2 N–H and O–H groups in total. The van der Waals surface area contributed by atoms with Crippen LogP contribution < -0.4 is 10.6 Å². The predicted octanol–water partition coefficient (Wildman–Crippen LogP) is 2.22. The van der Waals surface area contributed by atoms with Crippen molar-refractivity contribution >= 4 is 29.9 Å². The maximum Gasteiger partial charge on any atom is 0.191 e. The van der Waals surface area contributed by atoms with Crippen LogP contribution in [-0.4, -0.2) is 48.7 Å². The fraction of sp³-hybridized carbons (Fsp3) is 0.733. The molecule has 6 nitrogen and oxygen atoms in total. The SMILES string of the molecule is CCC1CCCCN1CCNC(=NC)NCc1ccon1.I. The molecule has 1 aliphatic heterocycles. The molecule has 22 heavy (non-hydrogen) atoms. The second-order valence-corrected chi connectivity index (χ2v) is 5.44. The Morgan fingerprint density at radius 2 is 2.32 bits per heavy atom. The number of nitrogens with zero attached hydrogens (tertiary/aromatic N) is 3. The Labute approximate surface area is 150 Å². The summed E-state index contributed by atoms with van der Waals surface area (Å²) in [6, 6.07) is 2.60. The van der Waals surface area contributed by atoms with E-state index in [1.54, 1.807) is 13.3 Å². The quantitative estimate of drug-likeness (QED) is 0.419. The Kier molecular flexibility index (Phi) is 9.45. The second-order valence-electron chi connectivity index (χ2n) is 5.44. The summed E-state index contributed by atoms with van der Waals surface area (Å²) < 4.78 is 4.81. The van der Waals surface area contributed by atoms with E-state index in [0.717, 1.165) is 30.8 Å². The van der Waals surface area contributed by atoms with Gasteiger partial charge >= 0.3 is 0 Å². The predicted molar refractivity (Wildman–Crippen MR) is 99.6 cm³/mol. The van der Waals surface area contributed by atoms with E-state index in [9.17, 15) is 0 Å². The van der Waals surface area contributed by atoms with Gasteiger partial charge in [-0.1, -0.05) is 18.5 Å². The van der Waals surface area contributed by atoms with E-state index in [1.165, 1.54) is 32.2 Å². The number of likely N-dealkylation sites (tertiary alicyclic amines) is 1. The molecule has 1 aliphatic rings. The lowest BCUT2D eigenvalue weighted by atomic mass is 10.0. The zero-order chi connectivity index (χ0) is 14.9. The monoisotopic (exact) mass is 421 g/mol. The van der Waals surface area contributed by atoms with Gasteiger partial charge in [-0.15, -0.1) is 24.0 Å². The highest BCUT2D eigenvalue weighted by atomic mass is 127. The molecule has 1 unspecified atom stereocenters. The summed E-state index contributed by atoms with van der Waals surface area (Å²) in [6.07, 6.45) is 6.88. The van der Waals surface area contributed by atoms with Gasteiger partial charge in [-0.25, -0.2) is 0 Å². The van der Waals surface area contributed by atoms with Crippen LogP contribution in [-0.2, 0) is 6.54 Å². The zero-order valence-corrected chi connectivity index (χ0v) is 15.9. The lowest BCUT2D eigenvalue weighted by molar-refractivity contribution is 0.147. The van der Waals surface area contributed by atoms with Gasteiger partial charge in [0.15, 0.2) is 5.96 Å². The van der Waals surface area contributed by atoms with Crippen molar-refractivity contribution in [1.29, 1.82) is 0 Å². The minimum Gasteiger partial charge on any atom is -0.364 e. The molecule has 1 aromatic heterocycles. The van der Waals surface area contributed by atoms with E-state index in [4.69, 9.17) is 4.52 Å². The standard InChI is InChI=1S/C15H27N5O.HI/c1-3-14-6-4-5-9-20(14)10-8-17-15(16-2)18-12-13-7-11-21-19-13;/h7,11,14H,3-6,8-10,12H2,1-2H3,(H2,16,17,18);1H. The van der Waals surface area contributed by atoms with Crippen LogP contribution in [0.5, 0.6) is 0 Å². The molecule has 1 aromatic rings. The van der Waals surface area contributed by atoms with Crippen molar-refractivity contribution < 1.29 is 4.52 Å². The lowest BCUT2D eigenvalue weighted by Gasteiger charge is -2.35. The van der Waals surface area contributed by atoms with E-state index in [0.29, 0.717) is 6.54 Å². The highest BCUT2D eigenvalue weighted by Gasteiger charge is 2.19. The Morgan fingerprint density at radius 1 is 1.45 bits per heavy atom. The highest BCUT2D eigenvalue weighted by molar-refractivity contribution is 14.0. The van der Waals surface area contributed by atoms with Gasteiger partial charge in [0.05, 0.1) is 6.54 Å². The number of hydrogen-bond donors (Lipinski definition) is 2. The summed E-state index contributed by atoms with van der Waals surface area (Å²) in [5.74, 6) is 0.808. The molecule has 1 fully saturated rings. The first-order valence-corrected chi connectivity index (χ1v) is 7.91. The zero-order valence-electron chi connectivity index (χ0n) is 13.5. The Bertz CT molecular complexity index is 424. The molecular weight excluding hydrogens is 393 g/mol. The van der Waals surface area contributed by atoms with Crippen LogP contribution in [0.2, 0.25) is 0 Å². The third-order valence-electron chi connectivity index (χ3n) is 4.06. The third-order valence-corrected chi connectivity index (χ3v) is 4.06. The Balaban J connectivity index is 0.00000242. The van der Waals surface area contributed by atoms with Crippen molar-refractivity contribution in [3.63, 3.8) is 0 Å². The largest absolute Gasteiger partial charge is 0.364 e. The summed E-state index contributed by atoms with van der Waals surface area (Å²) in [7, 11) is 1.79. The van der Waals surface area contributed by atoms with E-state index in [1.807, 2.05) is 6.07 Å². The molecule has 1 atom stereocenters. The summed E-state index contributed by atoms with van der Waals surface area (Å²) in [6.45, 7) is 6.12. The topological polar surface area (TPSA) is 65.7 Å². The molecular formula is C15H28IN5O. The molecule has 2 rings (SSSR count). The van der Waals surface area contributed by atoms with Gasteiger partial charge < -0.3 is 15.2 Å². The molecule has 0 saturated carbocycles. The van der Waals surface area contributed by atoms with Crippen LogP contribution in [0.3, 0.4) is 0 Å². The molecule has 0 bridgehead atoms. The van der Waals surface area contributed by atoms with E-state index in [2.05, 4.69) is 32.6 Å². The van der Waals surface area contributed by atoms with Crippen molar-refractivity contribution in [3.05, 3.63) is 18.0 Å². The molecule has 0 radical (unpaired) electrons. The third kappa shape index (κ3) is 6.12. The number of halogens is 1. The summed E-state index contributed by atoms with van der Waals surface area (Å²) in [5.41, 5.74) is 0.875. The summed E-state index contributed by atoms with van der Waals surface area (Å²) in [4.78, 5) is 6.83. The van der Waals surface area contributed by atoms with Gasteiger partial charge in [-0.2, -0.15) is 0 Å². The normalized spacial score (nSPS) is 19.5. The van der Waals surface area contributed by atoms with Gasteiger partial charge in [-0.3, -0.25) is 9.89 Å². The first-order valence-electron chi connectivity index (χ1n) is 7.91. The number of piperidine rings is 1. The van der Waals surface area contributed by atoms with Crippen molar-refractivity contribution in [2.75, 3.05) is 26.7 Å². The van der Waals surface area contributed by atoms with Crippen molar-refractivity contribution in [2.45, 2.75) is 45.2 Å². The Hall–Kier alpha value is -0.830. The summed E-state index contributed by atoms with van der Waals surface area (Å²) >= 11 is 0. The van der Waals surface area contributed by atoms with Crippen LogP contribution in [0.25, 0.3) is 0 Å². The molecule has 126 valence electrons. The molecule has 2 heterocycles. The maximum absolute atomic E-state index is 4.81. The molecule has 7 heteroatoms. The fourth-order valence-corrected chi connectivity index (χ4v) is 2.86. The number of rotatable bonds is 6. The molecule has 1 saturated heterocycles. The lowest BCUT2D eigenvalue weighted by Crippen LogP contribution is -2.45. The molecule has 0 amide bonds. The van der Waals surface area contributed by atoms with Crippen LogP contribution >= 0.6 is 24.0 Å². The number of aromatic nitrogens is 1. The average molecular weight is 421 g/mol. The van der Waals surface area contributed by atoms with Crippen molar-refractivity contribution in [2.24, 2.45) is 4.99 Å². The smallest absolute Gasteiger partial charge is 0.191 e. The second kappa shape index (κ2) is 10.8. The average Bonchev–Trinajstić information content (AvgIpc) is 3.04. The van der Waals surface area contributed by atoms with Crippen LogP contribution in [0.1, 0.15) is 38.3 Å². The first kappa shape index (κ1) is 19.2. The van der Waals surface area contributed by atoms with Gasteiger partial charge in [-0.05, 0) is 25.8 Å². The van der Waals surface area contributed by atoms with Crippen LogP contribution in [0, 0.1) is 0 Å². The maximum atomic E-state index is 4.81. The van der Waals surface area contributed by atoms with Crippen LogP contribution in [0.4, 0.5) is 0 Å². The fourth-order valence-electron chi connectivity index (χ4n) is 2.86. The van der Waals surface area contributed by atoms with Gasteiger partial charge in [0.2, 0.25) is 0 Å². The Morgan fingerprint density at radius 3 is 3.00 bits per heavy atom. The van der Waals surface area contributed by atoms with E-state index < -0.39 is 0 Å². The minimum atomic E-state index is 0. The molecule has 0 spiro atoms. The minimum absolute atomic E-state index is 0. The molecule has 0 aromatic carbocycles. The number of hydrogen-bond acceptors (Lipinski definition) is 4. The van der Waals surface area contributed by atoms with E-state index in [-0.39, 0.29) is 24.0 Å². The molecule has 0 aliphatic carbocycles. The number of guanidine groups is 1. The van der Waals surface area contributed by atoms with Crippen molar-refractivity contribution in [1.82, 2.24) is 20.7 Å². The van der Waals surface area contributed by atoms with E-state index >= 15 is 0 Å². The first-order chi connectivity index (χ1) is 10.3. The highest BCUT2D eigenvalue weighted by Crippen LogP contribution is 2.18. The number of aliphatic imine (C=N–C) groups is 1. The van der Waals surface area contributed by atoms with Crippen molar-refractivity contribution in [3.8, 4) is 0 Å². The summed E-state index contributed by atoms with van der Waals surface area (Å²) in [5, 5.41) is 10.5. The number of nitrogens with one attached hydrogen (secondary N) is 2. The van der Waals surface area contributed by atoms with Gasteiger partial charge in [0, 0.05) is 32.2 Å².